The molecular weight excluding hydrogens is 229 g/mol. The summed E-state index contributed by atoms with van der Waals surface area (Å²) in [6.45, 7) is 0. The number of carbonyl (C=O) groups is 1. The average Bonchev–Trinajstić information content (AvgIpc) is 1.78. The molecule has 0 aromatic heterocycles. The zero-order chi connectivity index (χ0) is 6.69. The number of alkyl halides is 1. The topological polar surface area (TPSA) is 29.1 Å². The Hall–Kier alpha value is 0.200. The minimum absolute atomic E-state index is 0.181. The second-order valence-electron chi connectivity index (χ2n) is 2.33. The van der Waals surface area contributed by atoms with E-state index in [9.17, 15) is 4.79 Å². The lowest BCUT2D eigenvalue weighted by Crippen LogP contribution is -2.39. The van der Waals surface area contributed by atoms with Crippen molar-refractivity contribution in [2.75, 3.05) is 4.43 Å². The molecule has 1 fully saturated rings. The molecule has 0 aromatic carbocycles. The van der Waals surface area contributed by atoms with Crippen LogP contribution in [0, 0.1) is 0 Å². The van der Waals surface area contributed by atoms with Gasteiger partial charge in [0.25, 0.3) is 0 Å². The average molecular weight is 239 g/mol. The van der Waals surface area contributed by atoms with Gasteiger partial charge in [0.1, 0.15) is 0 Å². The molecule has 0 radical (unpaired) electrons. The normalized spacial score (nSPS) is 18.8. The number of amides is 1. The van der Waals surface area contributed by atoms with Crippen molar-refractivity contribution in [3.8, 4) is 0 Å². The van der Waals surface area contributed by atoms with Crippen molar-refractivity contribution in [1.29, 1.82) is 0 Å². The number of hydrogen-bond donors (Lipinski definition) is 1. The fourth-order valence-electron chi connectivity index (χ4n) is 0.819. The Morgan fingerprint density at radius 2 is 2.33 bits per heavy atom. The van der Waals surface area contributed by atoms with Crippen molar-refractivity contribution < 1.29 is 4.79 Å². The van der Waals surface area contributed by atoms with Crippen LogP contribution in [0.1, 0.15) is 19.3 Å². The summed E-state index contributed by atoms with van der Waals surface area (Å²) in [6.07, 6.45) is 3.65. The van der Waals surface area contributed by atoms with Crippen molar-refractivity contribution in [2.24, 2.45) is 0 Å². The standard InChI is InChI=1S/C6H10INO/c7-4-6(9)8-5-2-1-3-5/h5H,1-4H2,(H,8,9). The Kier molecular flexibility index (Phi) is 2.75. The highest BCUT2D eigenvalue weighted by molar-refractivity contribution is 14.1. The summed E-state index contributed by atoms with van der Waals surface area (Å²) in [7, 11) is 0. The zero-order valence-electron chi connectivity index (χ0n) is 5.19. The molecule has 0 aromatic rings. The Bertz CT molecular complexity index is 112. The van der Waals surface area contributed by atoms with Crippen LogP contribution in [0.3, 0.4) is 0 Å². The Morgan fingerprint density at radius 1 is 1.67 bits per heavy atom. The monoisotopic (exact) mass is 239 g/mol. The van der Waals surface area contributed by atoms with Gasteiger partial charge in [-0.3, -0.25) is 4.79 Å². The Morgan fingerprint density at radius 3 is 2.67 bits per heavy atom. The van der Waals surface area contributed by atoms with E-state index in [-0.39, 0.29) is 5.91 Å². The minimum atomic E-state index is 0.181. The van der Waals surface area contributed by atoms with Gasteiger partial charge in [-0.15, -0.1) is 0 Å². The van der Waals surface area contributed by atoms with Crippen molar-refractivity contribution in [2.45, 2.75) is 25.3 Å². The van der Waals surface area contributed by atoms with Gasteiger partial charge in [0.05, 0.1) is 4.43 Å². The first-order valence-corrected chi connectivity index (χ1v) is 4.71. The third-order valence-corrected chi connectivity index (χ3v) is 2.28. The number of hydrogen-bond acceptors (Lipinski definition) is 1. The molecule has 0 saturated heterocycles. The molecule has 0 bridgehead atoms. The first-order chi connectivity index (χ1) is 4.33. The summed E-state index contributed by atoms with van der Waals surface area (Å²) in [4.78, 5) is 10.7. The third kappa shape index (κ3) is 2.12. The Labute approximate surface area is 68.5 Å². The molecule has 0 unspecified atom stereocenters. The molecule has 9 heavy (non-hydrogen) atoms. The Balaban J connectivity index is 2.09. The van der Waals surface area contributed by atoms with Gasteiger partial charge in [-0.25, -0.2) is 0 Å². The maximum Gasteiger partial charge on any atom is 0.230 e. The predicted molar refractivity (Wildman–Crippen MR) is 44.7 cm³/mol. The van der Waals surface area contributed by atoms with Crippen LogP contribution in [-0.2, 0) is 4.79 Å². The van der Waals surface area contributed by atoms with E-state index in [0.29, 0.717) is 10.5 Å². The molecule has 0 atom stereocenters. The van der Waals surface area contributed by atoms with Gasteiger partial charge in [0, 0.05) is 6.04 Å². The van der Waals surface area contributed by atoms with Crippen LogP contribution >= 0.6 is 22.6 Å². The van der Waals surface area contributed by atoms with Gasteiger partial charge < -0.3 is 5.32 Å². The SMILES string of the molecule is O=C(CI)NC1CCC1. The summed E-state index contributed by atoms with van der Waals surface area (Å²) in [5.74, 6) is 0.181. The van der Waals surface area contributed by atoms with Gasteiger partial charge in [-0.2, -0.15) is 0 Å². The molecule has 1 aliphatic carbocycles. The first-order valence-electron chi connectivity index (χ1n) is 3.18. The molecule has 0 spiro atoms. The van der Waals surface area contributed by atoms with E-state index in [1.165, 1.54) is 19.3 Å². The quantitative estimate of drug-likeness (QED) is 0.567. The van der Waals surface area contributed by atoms with E-state index in [1.54, 1.807) is 0 Å². The van der Waals surface area contributed by atoms with E-state index < -0.39 is 0 Å². The van der Waals surface area contributed by atoms with Crippen LogP contribution in [0.2, 0.25) is 0 Å². The van der Waals surface area contributed by atoms with Gasteiger partial charge in [-0.1, -0.05) is 22.6 Å². The van der Waals surface area contributed by atoms with E-state index in [2.05, 4.69) is 27.9 Å². The summed E-state index contributed by atoms with van der Waals surface area (Å²) < 4.78 is 0.592. The molecule has 1 amide bonds. The summed E-state index contributed by atoms with van der Waals surface area (Å²) in [5.41, 5.74) is 0. The molecule has 1 aliphatic rings. The summed E-state index contributed by atoms with van der Waals surface area (Å²) in [5, 5.41) is 2.92. The maximum absolute atomic E-state index is 10.7. The fourth-order valence-corrected chi connectivity index (χ4v) is 1.04. The fraction of sp³-hybridized carbons (Fsp3) is 0.833. The van der Waals surface area contributed by atoms with E-state index in [0.717, 1.165) is 0 Å². The molecular formula is C6H10INO. The van der Waals surface area contributed by atoms with Crippen molar-refractivity contribution in [3.05, 3.63) is 0 Å². The molecule has 3 heteroatoms. The highest BCUT2D eigenvalue weighted by atomic mass is 127. The number of carbonyl (C=O) groups excluding carboxylic acids is 1. The maximum atomic E-state index is 10.7. The van der Waals surface area contributed by atoms with Crippen molar-refractivity contribution in [1.82, 2.24) is 5.32 Å². The minimum Gasteiger partial charge on any atom is -0.353 e. The highest BCUT2D eigenvalue weighted by Gasteiger charge is 2.18. The number of nitrogens with one attached hydrogen (secondary N) is 1. The second-order valence-corrected chi connectivity index (χ2v) is 3.09. The zero-order valence-corrected chi connectivity index (χ0v) is 7.35. The van der Waals surface area contributed by atoms with E-state index >= 15 is 0 Å². The second kappa shape index (κ2) is 3.39. The lowest BCUT2D eigenvalue weighted by molar-refractivity contribution is -0.119. The molecule has 2 nitrogen and oxygen atoms in total. The van der Waals surface area contributed by atoms with Crippen LogP contribution in [0.4, 0.5) is 0 Å². The number of rotatable bonds is 2. The lowest BCUT2D eigenvalue weighted by Gasteiger charge is -2.25. The summed E-state index contributed by atoms with van der Waals surface area (Å²) >= 11 is 2.08. The van der Waals surface area contributed by atoms with Gasteiger partial charge in [0.15, 0.2) is 0 Å². The van der Waals surface area contributed by atoms with Crippen LogP contribution in [-0.4, -0.2) is 16.4 Å². The first kappa shape index (κ1) is 7.31. The smallest absolute Gasteiger partial charge is 0.230 e. The van der Waals surface area contributed by atoms with Crippen LogP contribution in [0.15, 0.2) is 0 Å². The third-order valence-electron chi connectivity index (χ3n) is 1.59. The van der Waals surface area contributed by atoms with E-state index in [4.69, 9.17) is 0 Å². The van der Waals surface area contributed by atoms with E-state index in [1.807, 2.05) is 0 Å². The lowest BCUT2D eigenvalue weighted by atomic mass is 9.93. The van der Waals surface area contributed by atoms with Gasteiger partial charge in [0.2, 0.25) is 5.91 Å². The largest absolute Gasteiger partial charge is 0.353 e. The molecule has 0 aliphatic heterocycles. The summed E-state index contributed by atoms with van der Waals surface area (Å²) in [6, 6.07) is 0.507. The van der Waals surface area contributed by atoms with Crippen LogP contribution < -0.4 is 5.32 Å². The molecule has 1 saturated carbocycles. The molecule has 52 valence electrons. The molecule has 0 heterocycles. The molecule has 1 N–H and O–H groups in total. The predicted octanol–water partition coefficient (Wildman–Crippen LogP) is 1.09. The molecule has 1 rings (SSSR count). The number of halogens is 1. The van der Waals surface area contributed by atoms with Crippen LogP contribution in [0.25, 0.3) is 0 Å². The van der Waals surface area contributed by atoms with Crippen LogP contribution in [0.5, 0.6) is 0 Å². The highest BCUT2D eigenvalue weighted by Crippen LogP contribution is 2.17. The van der Waals surface area contributed by atoms with Crippen molar-refractivity contribution >= 4 is 28.5 Å². The van der Waals surface area contributed by atoms with Crippen molar-refractivity contribution in [3.63, 3.8) is 0 Å². The van der Waals surface area contributed by atoms with Gasteiger partial charge in [-0.05, 0) is 19.3 Å². The van der Waals surface area contributed by atoms with Gasteiger partial charge >= 0.3 is 0 Å².